The summed E-state index contributed by atoms with van der Waals surface area (Å²) in [7, 11) is 0. The van der Waals surface area contributed by atoms with Crippen LogP contribution in [-0.4, -0.2) is 44.3 Å². The van der Waals surface area contributed by atoms with E-state index in [1.54, 1.807) is 12.2 Å². The van der Waals surface area contributed by atoms with E-state index < -0.39 is 24.6 Å². The Hall–Kier alpha value is -1.31. The van der Waals surface area contributed by atoms with Crippen LogP contribution in [0.25, 0.3) is 0 Å². The minimum Gasteiger partial charge on any atom is -0.466 e. The molecule has 0 saturated carbocycles. The number of halogens is 3. The lowest BCUT2D eigenvalue weighted by Gasteiger charge is -2.08. The Bertz CT molecular complexity index is 256. The molecule has 0 heterocycles. The van der Waals surface area contributed by atoms with Gasteiger partial charge in [0.2, 0.25) is 5.91 Å². The molecule has 0 aliphatic rings. The van der Waals surface area contributed by atoms with E-state index in [1.807, 2.05) is 0 Å². The number of rotatable bonds is 7. The number of hydrogen-bond donors (Lipinski definition) is 2. The van der Waals surface area contributed by atoms with Gasteiger partial charge in [0.25, 0.3) is 0 Å². The Balaban J connectivity index is 3.49. The zero-order chi connectivity index (χ0) is 13.3. The van der Waals surface area contributed by atoms with Crippen molar-refractivity contribution in [2.75, 3.05) is 26.2 Å². The summed E-state index contributed by atoms with van der Waals surface area (Å²) in [5.41, 5.74) is 0. The smallest absolute Gasteiger partial charge is 0.405 e. The van der Waals surface area contributed by atoms with E-state index in [0.29, 0.717) is 0 Å². The maximum atomic E-state index is 11.7. The van der Waals surface area contributed by atoms with E-state index in [0.717, 1.165) is 0 Å². The Morgan fingerprint density at radius 2 is 1.94 bits per heavy atom. The van der Waals surface area contributed by atoms with Gasteiger partial charge in [-0.1, -0.05) is 0 Å². The van der Waals surface area contributed by atoms with Crippen LogP contribution in [0, 0.1) is 0 Å². The fraction of sp³-hybridized carbons (Fsp3) is 0.778. The molecule has 0 aromatic heterocycles. The average molecular weight is 256 g/mol. The predicted molar refractivity (Wildman–Crippen MR) is 53.2 cm³/mol. The number of esters is 1. The summed E-state index contributed by atoms with van der Waals surface area (Å²) in [5, 5.41) is 4.22. The molecule has 8 heteroatoms. The average Bonchev–Trinajstić information content (AvgIpc) is 2.21. The van der Waals surface area contributed by atoms with Crippen LogP contribution in [0.1, 0.15) is 13.3 Å². The maximum absolute atomic E-state index is 11.7. The van der Waals surface area contributed by atoms with E-state index in [9.17, 15) is 22.8 Å². The summed E-state index contributed by atoms with van der Waals surface area (Å²) in [5.74, 6) is -1.19. The van der Waals surface area contributed by atoms with Gasteiger partial charge in [-0.2, -0.15) is 13.2 Å². The lowest BCUT2D eigenvalue weighted by atomic mass is 10.4. The lowest BCUT2D eigenvalue weighted by molar-refractivity contribution is -0.143. The summed E-state index contributed by atoms with van der Waals surface area (Å²) in [6.45, 7) is 0.486. The van der Waals surface area contributed by atoms with Gasteiger partial charge in [0.15, 0.2) is 0 Å². The number of amides is 1. The quantitative estimate of drug-likeness (QED) is 0.504. The molecule has 5 nitrogen and oxygen atoms in total. The zero-order valence-corrected chi connectivity index (χ0v) is 9.39. The third kappa shape index (κ3) is 11.0. The first-order valence-electron chi connectivity index (χ1n) is 5.05. The molecule has 0 unspecified atom stereocenters. The highest BCUT2D eigenvalue weighted by Crippen LogP contribution is 2.11. The van der Waals surface area contributed by atoms with Crippen LogP contribution in [0.3, 0.4) is 0 Å². The number of hydrogen-bond acceptors (Lipinski definition) is 4. The van der Waals surface area contributed by atoms with Gasteiger partial charge in [-0.05, 0) is 6.92 Å². The summed E-state index contributed by atoms with van der Waals surface area (Å²) < 4.78 is 39.7. The summed E-state index contributed by atoms with van der Waals surface area (Å²) >= 11 is 0. The first-order chi connectivity index (χ1) is 7.85. The molecule has 17 heavy (non-hydrogen) atoms. The van der Waals surface area contributed by atoms with E-state index in [-0.39, 0.29) is 26.1 Å². The molecule has 0 aliphatic carbocycles. The molecule has 1 amide bonds. The van der Waals surface area contributed by atoms with Crippen LogP contribution in [0.5, 0.6) is 0 Å². The van der Waals surface area contributed by atoms with Crippen LogP contribution in [-0.2, 0) is 14.3 Å². The molecule has 0 saturated heterocycles. The van der Waals surface area contributed by atoms with Crippen molar-refractivity contribution < 1.29 is 27.5 Å². The van der Waals surface area contributed by atoms with Crippen LogP contribution in [0.15, 0.2) is 0 Å². The number of ether oxygens (including phenoxy) is 1. The molecule has 0 aromatic carbocycles. The van der Waals surface area contributed by atoms with Crippen molar-refractivity contribution in [1.82, 2.24) is 10.6 Å². The molecule has 0 rings (SSSR count). The number of alkyl halides is 3. The summed E-state index contributed by atoms with van der Waals surface area (Å²) in [6, 6.07) is 0. The maximum Gasteiger partial charge on any atom is 0.405 e. The summed E-state index contributed by atoms with van der Waals surface area (Å²) in [6.07, 6.45) is -4.35. The van der Waals surface area contributed by atoms with Gasteiger partial charge in [-0.25, -0.2) is 0 Å². The lowest BCUT2D eigenvalue weighted by Crippen LogP contribution is -2.39. The monoisotopic (exact) mass is 256 g/mol. The van der Waals surface area contributed by atoms with Gasteiger partial charge in [-0.3, -0.25) is 9.59 Å². The second-order valence-electron chi connectivity index (χ2n) is 3.12. The fourth-order valence-electron chi connectivity index (χ4n) is 0.887. The van der Waals surface area contributed by atoms with E-state index in [4.69, 9.17) is 0 Å². The fourth-order valence-corrected chi connectivity index (χ4v) is 0.887. The van der Waals surface area contributed by atoms with Gasteiger partial charge in [0, 0.05) is 6.54 Å². The first-order valence-corrected chi connectivity index (χ1v) is 5.05. The van der Waals surface area contributed by atoms with Crippen molar-refractivity contribution in [3.63, 3.8) is 0 Å². The zero-order valence-electron chi connectivity index (χ0n) is 9.39. The Morgan fingerprint density at radius 1 is 1.29 bits per heavy atom. The van der Waals surface area contributed by atoms with Crippen molar-refractivity contribution in [1.29, 1.82) is 0 Å². The molecule has 2 N–H and O–H groups in total. The van der Waals surface area contributed by atoms with E-state index >= 15 is 0 Å². The highest BCUT2D eigenvalue weighted by atomic mass is 19.4. The first kappa shape index (κ1) is 15.7. The molecule has 0 atom stereocenters. The van der Waals surface area contributed by atoms with Gasteiger partial charge >= 0.3 is 12.1 Å². The van der Waals surface area contributed by atoms with Gasteiger partial charge in [-0.15, -0.1) is 0 Å². The Kier molecular flexibility index (Phi) is 7.27. The van der Waals surface area contributed by atoms with Crippen molar-refractivity contribution in [3.05, 3.63) is 0 Å². The molecule has 0 aliphatic heterocycles. The van der Waals surface area contributed by atoms with Crippen molar-refractivity contribution in [2.24, 2.45) is 0 Å². The van der Waals surface area contributed by atoms with Crippen LogP contribution in [0.2, 0.25) is 0 Å². The minimum atomic E-state index is -4.42. The highest BCUT2D eigenvalue weighted by molar-refractivity contribution is 5.78. The standard InChI is InChI=1S/C9H15F3N2O3/c1-2-17-8(16)3-4-13-5-7(15)14-6-9(10,11)12/h13H,2-6H2,1H3,(H,14,15). The van der Waals surface area contributed by atoms with Crippen molar-refractivity contribution in [2.45, 2.75) is 19.5 Å². The van der Waals surface area contributed by atoms with Crippen molar-refractivity contribution >= 4 is 11.9 Å². The molecular formula is C9H15F3N2O3. The molecule has 0 aromatic rings. The SMILES string of the molecule is CCOC(=O)CCNCC(=O)NCC(F)(F)F. The topological polar surface area (TPSA) is 67.4 Å². The third-order valence-electron chi connectivity index (χ3n) is 1.58. The van der Waals surface area contributed by atoms with E-state index in [2.05, 4.69) is 10.1 Å². The Morgan fingerprint density at radius 3 is 2.47 bits per heavy atom. The largest absolute Gasteiger partial charge is 0.466 e. The van der Waals surface area contributed by atoms with Crippen LogP contribution < -0.4 is 10.6 Å². The molecule has 0 bridgehead atoms. The van der Waals surface area contributed by atoms with Crippen molar-refractivity contribution in [3.8, 4) is 0 Å². The van der Waals surface area contributed by atoms with Gasteiger partial charge in [0.05, 0.1) is 19.6 Å². The normalized spacial score (nSPS) is 11.1. The highest BCUT2D eigenvalue weighted by Gasteiger charge is 2.27. The van der Waals surface area contributed by atoms with Crippen LogP contribution >= 0.6 is 0 Å². The molecular weight excluding hydrogens is 241 g/mol. The van der Waals surface area contributed by atoms with Gasteiger partial charge in [0.1, 0.15) is 6.54 Å². The molecule has 0 radical (unpaired) electrons. The van der Waals surface area contributed by atoms with Crippen LogP contribution in [0.4, 0.5) is 13.2 Å². The van der Waals surface area contributed by atoms with E-state index in [1.165, 1.54) is 0 Å². The molecule has 0 fully saturated rings. The second-order valence-corrected chi connectivity index (χ2v) is 3.12. The third-order valence-corrected chi connectivity index (χ3v) is 1.58. The predicted octanol–water partition coefficient (Wildman–Crippen LogP) is 0.208. The summed E-state index contributed by atoms with van der Waals surface area (Å²) in [4.78, 5) is 21.7. The number of nitrogens with one attached hydrogen (secondary N) is 2. The number of carbonyl (C=O) groups excluding carboxylic acids is 2. The minimum absolute atomic E-state index is 0.0698. The van der Waals surface area contributed by atoms with Gasteiger partial charge < -0.3 is 15.4 Å². The molecule has 100 valence electrons. The Labute approximate surface area is 96.7 Å². The second kappa shape index (κ2) is 7.88. The number of carbonyl (C=O) groups is 2. The molecule has 0 spiro atoms.